The number of nitrogens with zero attached hydrogens (tertiary/aromatic N) is 1. The van der Waals surface area contributed by atoms with Gasteiger partial charge in [-0.3, -0.25) is 19.4 Å². The van der Waals surface area contributed by atoms with Gasteiger partial charge in [0.2, 0.25) is 0 Å². The summed E-state index contributed by atoms with van der Waals surface area (Å²) in [5.74, 6) is -0.901. The van der Waals surface area contributed by atoms with Crippen molar-refractivity contribution in [2.45, 2.75) is 26.7 Å². The Morgan fingerprint density at radius 1 is 1.37 bits per heavy atom. The topological polar surface area (TPSA) is 75.1 Å². The molecule has 0 saturated heterocycles. The van der Waals surface area contributed by atoms with E-state index in [0.717, 1.165) is 16.9 Å². The molecule has 0 atom stereocenters. The van der Waals surface area contributed by atoms with Crippen LogP contribution in [0.5, 0.6) is 0 Å². The minimum absolute atomic E-state index is 0.0399. The maximum Gasteiger partial charge on any atom is 0.303 e. The molecule has 0 aliphatic rings. The maximum atomic E-state index is 11.9. The Kier molecular flexibility index (Phi) is 3.55. The predicted molar refractivity (Wildman–Crippen MR) is 71.8 cm³/mol. The highest BCUT2D eigenvalue weighted by molar-refractivity contribution is 5.67. The number of hydrogen-bond acceptors (Lipinski definition) is 2. The molecule has 1 aromatic heterocycles. The third kappa shape index (κ3) is 2.76. The van der Waals surface area contributed by atoms with E-state index in [1.807, 2.05) is 38.1 Å². The van der Waals surface area contributed by atoms with E-state index in [1.54, 1.807) is 4.68 Å². The van der Waals surface area contributed by atoms with Crippen LogP contribution < -0.4 is 5.56 Å². The Hall–Kier alpha value is -2.30. The van der Waals surface area contributed by atoms with Crippen molar-refractivity contribution in [2.75, 3.05) is 0 Å². The summed E-state index contributed by atoms with van der Waals surface area (Å²) in [4.78, 5) is 22.5. The summed E-state index contributed by atoms with van der Waals surface area (Å²) in [6.07, 6.45) is 0.205. The number of aromatic amines is 1. The molecule has 1 aromatic carbocycles. The van der Waals surface area contributed by atoms with Crippen molar-refractivity contribution in [3.8, 4) is 5.69 Å². The van der Waals surface area contributed by atoms with E-state index in [9.17, 15) is 9.59 Å². The first-order valence-corrected chi connectivity index (χ1v) is 6.08. The first-order chi connectivity index (χ1) is 8.99. The highest BCUT2D eigenvalue weighted by Gasteiger charge is 2.13. The number of aliphatic carboxylic acids is 1. The molecule has 0 aliphatic heterocycles. The van der Waals surface area contributed by atoms with Gasteiger partial charge < -0.3 is 5.11 Å². The molecular weight excluding hydrogens is 244 g/mol. The van der Waals surface area contributed by atoms with Crippen molar-refractivity contribution in [1.82, 2.24) is 9.78 Å². The van der Waals surface area contributed by atoms with Crippen LogP contribution in [0.1, 0.15) is 23.2 Å². The summed E-state index contributed by atoms with van der Waals surface area (Å²) < 4.78 is 1.70. The molecule has 0 aliphatic carbocycles. The lowest BCUT2D eigenvalue weighted by molar-refractivity contribution is -0.136. The van der Waals surface area contributed by atoms with Crippen molar-refractivity contribution in [2.24, 2.45) is 0 Å². The van der Waals surface area contributed by atoms with E-state index in [2.05, 4.69) is 5.10 Å². The van der Waals surface area contributed by atoms with Gasteiger partial charge >= 0.3 is 5.97 Å². The molecule has 0 spiro atoms. The summed E-state index contributed by atoms with van der Waals surface area (Å²) in [7, 11) is 0. The number of carboxylic acids is 1. The Morgan fingerprint density at radius 3 is 2.74 bits per heavy atom. The Labute approximate surface area is 110 Å². The Morgan fingerprint density at radius 2 is 2.11 bits per heavy atom. The summed E-state index contributed by atoms with van der Waals surface area (Å²) in [5.41, 5.74) is 3.04. The zero-order chi connectivity index (χ0) is 14.0. The van der Waals surface area contributed by atoms with E-state index >= 15 is 0 Å². The lowest BCUT2D eigenvalue weighted by Crippen LogP contribution is -2.09. The quantitative estimate of drug-likeness (QED) is 0.880. The minimum Gasteiger partial charge on any atom is -0.481 e. The number of carbonyl (C=O) groups is 1. The van der Waals surface area contributed by atoms with Gasteiger partial charge in [0.05, 0.1) is 5.69 Å². The standard InChI is InChI=1S/C14H16N2O3/c1-9-4-3-5-11(8-9)16-10(2)12(14(19)15-16)6-7-13(17)18/h3-5,8H,6-7H2,1-2H3,(H,15,19)(H,17,18). The molecule has 0 saturated carbocycles. The molecule has 19 heavy (non-hydrogen) atoms. The Bertz CT molecular complexity index is 668. The van der Waals surface area contributed by atoms with Gasteiger partial charge in [0.25, 0.3) is 5.56 Å². The minimum atomic E-state index is -0.901. The zero-order valence-electron chi connectivity index (χ0n) is 10.9. The van der Waals surface area contributed by atoms with Gasteiger partial charge in [-0.1, -0.05) is 12.1 Å². The summed E-state index contributed by atoms with van der Waals surface area (Å²) in [6.45, 7) is 3.79. The van der Waals surface area contributed by atoms with Crippen LogP contribution in [0.3, 0.4) is 0 Å². The monoisotopic (exact) mass is 260 g/mol. The lowest BCUT2D eigenvalue weighted by Gasteiger charge is -2.06. The van der Waals surface area contributed by atoms with Crippen LogP contribution in [-0.4, -0.2) is 20.9 Å². The number of benzene rings is 1. The van der Waals surface area contributed by atoms with Crippen LogP contribution in [0, 0.1) is 13.8 Å². The molecule has 0 amide bonds. The van der Waals surface area contributed by atoms with E-state index in [-0.39, 0.29) is 18.4 Å². The fourth-order valence-corrected chi connectivity index (χ4v) is 2.10. The molecule has 5 nitrogen and oxygen atoms in total. The molecule has 0 unspecified atom stereocenters. The molecule has 2 rings (SSSR count). The van der Waals surface area contributed by atoms with Crippen LogP contribution in [0.4, 0.5) is 0 Å². The number of aryl methyl sites for hydroxylation is 1. The van der Waals surface area contributed by atoms with Crippen molar-refractivity contribution in [3.05, 3.63) is 51.4 Å². The molecule has 5 heteroatoms. The molecule has 0 bridgehead atoms. The SMILES string of the molecule is Cc1cccc(-n2[nH]c(=O)c(CCC(=O)O)c2C)c1. The van der Waals surface area contributed by atoms with Crippen molar-refractivity contribution in [1.29, 1.82) is 0 Å². The molecular formula is C14H16N2O3. The Balaban J connectivity index is 2.41. The van der Waals surface area contributed by atoms with Crippen LogP contribution in [0.25, 0.3) is 5.69 Å². The number of nitrogens with one attached hydrogen (secondary N) is 1. The lowest BCUT2D eigenvalue weighted by atomic mass is 10.1. The van der Waals surface area contributed by atoms with Crippen LogP contribution in [0.2, 0.25) is 0 Å². The van der Waals surface area contributed by atoms with Gasteiger partial charge in [-0.05, 0) is 38.0 Å². The second-order valence-electron chi connectivity index (χ2n) is 4.57. The predicted octanol–water partition coefficient (Wildman–Crippen LogP) is 1.80. The maximum absolute atomic E-state index is 11.9. The third-order valence-corrected chi connectivity index (χ3v) is 3.11. The third-order valence-electron chi connectivity index (χ3n) is 3.11. The van der Waals surface area contributed by atoms with Crippen LogP contribution in [-0.2, 0) is 11.2 Å². The molecule has 1 heterocycles. The second-order valence-corrected chi connectivity index (χ2v) is 4.57. The van der Waals surface area contributed by atoms with Crippen LogP contribution in [0.15, 0.2) is 29.1 Å². The highest BCUT2D eigenvalue weighted by Crippen LogP contribution is 2.13. The summed E-state index contributed by atoms with van der Waals surface area (Å²) in [5, 5.41) is 11.4. The van der Waals surface area contributed by atoms with Gasteiger partial charge in [-0.15, -0.1) is 0 Å². The molecule has 0 radical (unpaired) electrons. The molecule has 2 N–H and O–H groups in total. The largest absolute Gasteiger partial charge is 0.481 e. The molecule has 100 valence electrons. The first kappa shape index (κ1) is 13.1. The van der Waals surface area contributed by atoms with E-state index in [1.165, 1.54) is 0 Å². The van der Waals surface area contributed by atoms with Gasteiger partial charge in [0.15, 0.2) is 0 Å². The van der Waals surface area contributed by atoms with Crippen molar-refractivity contribution in [3.63, 3.8) is 0 Å². The van der Waals surface area contributed by atoms with Gasteiger partial charge in [-0.2, -0.15) is 0 Å². The van der Waals surface area contributed by atoms with Gasteiger partial charge in [0.1, 0.15) is 0 Å². The zero-order valence-corrected chi connectivity index (χ0v) is 10.9. The first-order valence-electron chi connectivity index (χ1n) is 6.08. The van der Waals surface area contributed by atoms with E-state index in [0.29, 0.717) is 5.56 Å². The highest BCUT2D eigenvalue weighted by atomic mass is 16.4. The number of aromatic nitrogens is 2. The van der Waals surface area contributed by atoms with E-state index < -0.39 is 5.97 Å². The smallest absolute Gasteiger partial charge is 0.303 e. The molecule has 0 fully saturated rings. The van der Waals surface area contributed by atoms with Crippen LogP contribution >= 0.6 is 0 Å². The second kappa shape index (κ2) is 5.14. The number of H-pyrrole nitrogens is 1. The van der Waals surface area contributed by atoms with Gasteiger partial charge in [-0.25, -0.2) is 0 Å². The average Bonchev–Trinajstić information content (AvgIpc) is 2.62. The number of rotatable bonds is 4. The van der Waals surface area contributed by atoms with Crippen molar-refractivity contribution >= 4 is 5.97 Å². The summed E-state index contributed by atoms with van der Waals surface area (Å²) >= 11 is 0. The van der Waals surface area contributed by atoms with Crippen molar-refractivity contribution < 1.29 is 9.90 Å². The average molecular weight is 260 g/mol. The summed E-state index contributed by atoms with van der Waals surface area (Å²) in [6, 6.07) is 7.76. The number of carboxylic acid groups (broad SMARTS) is 1. The van der Waals surface area contributed by atoms with Gasteiger partial charge in [0, 0.05) is 17.7 Å². The fraction of sp³-hybridized carbons (Fsp3) is 0.286. The number of hydrogen-bond donors (Lipinski definition) is 2. The fourth-order valence-electron chi connectivity index (χ4n) is 2.10. The van der Waals surface area contributed by atoms with E-state index in [4.69, 9.17) is 5.11 Å². The normalized spacial score (nSPS) is 10.6. The molecule has 2 aromatic rings.